The molecule has 9 nitrogen and oxygen atoms in total. The molecule has 2 amide bonds. The van der Waals surface area contributed by atoms with E-state index in [-0.39, 0.29) is 16.4 Å². The van der Waals surface area contributed by atoms with Crippen molar-refractivity contribution in [2.45, 2.75) is 13.0 Å². The number of rotatable bonds is 5. The molecule has 1 fully saturated rings. The Labute approximate surface area is 145 Å². The summed E-state index contributed by atoms with van der Waals surface area (Å²) in [6.45, 7) is 4.73. The van der Waals surface area contributed by atoms with E-state index in [1.165, 1.54) is 6.20 Å². The number of pyridine rings is 1. The van der Waals surface area contributed by atoms with E-state index in [9.17, 15) is 4.79 Å². The molecule has 1 aliphatic rings. The topological polar surface area (TPSA) is 126 Å². The van der Waals surface area contributed by atoms with E-state index in [0.29, 0.717) is 55.8 Å². The number of methoxy groups -OCH3 is 1. The first kappa shape index (κ1) is 18.0. The van der Waals surface area contributed by atoms with Gasteiger partial charge in [-0.15, -0.1) is 0 Å². The molecule has 5 N–H and O–H groups in total. The first-order valence-corrected chi connectivity index (χ1v) is 7.75. The van der Waals surface area contributed by atoms with E-state index in [0.717, 1.165) is 0 Å². The molecule has 24 heavy (non-hydrogen) atoms. The van der Waals surface area contributed by atoms with E-state index in [2.05, 4.69) is 15.6 Å². The predicted molar refractivity (Wildman–Crippen MR) is 97.7 cm³/mol. The van der Waals surface area contributed by atoms with Gasteiger partial charge in [0.25, 0.3) is 0 Å². The molecule has 0 radical (unpaired) electrons. The lowest BCUT2D eigenvalue weighted by Gasteiger charge is -2.29. The molecule has 0 aliphatic carbocycles. The standard InChI is InChI=1S/C15H24N6O3.3H2/c1-10(9-23-2)19-15(22)20-13-7-12(16)11(8-18-13)14(17)21-3-5-24-6-4-21;;;/h7-8,10,17H,3-6,9H2,1-2H3,(H4,16,18,19,20,22);3*1H/t10-;;;/m0.../s1. The van der Waals surface area contributed by atoms with Crippen LogP contribution in [0.25, 0.3) is 0 Å². The Kier molecular flexibility index (Phi) is 6.33. The van der Waals surface area contributed by atoms with Gasteiger partial charge in [0.1, 0.15) is 11.7 Å². The molecule has 1 atom stereocenters. The van der Waals surface area contributed by atoms with Crippen LogP contribution in [-0.2, 0) is 9.47 Å². The summed E-state index contributed by atoms with van der Waals surface area (Å²) in [5.74, 6) is 0.640. The van der Waals surface area contributed by atoms with E-state index in [1.807, 2.05) is 11.8 Å². The molecule has 0 aromatic carbocycles. The summed E-state index contributed by atoms with van der Waals surface area (Å²) >= 11 is 0. The van der Waals surface area contributed by atoms with Crippen molar-refractivity contribution in [3.63, 3.8) is 0 Å². The van der Waals surface area contributed by atoms with Gasteiger partial charge in [0, 0.05) is 42.4 Å². The van der Waals surface area contributed by atoms with Crippen LogP contribution in [0.5, 0.6) is 0 Å². The zero-order valence-corrected chi connectivity index (χ0v) is 14.0. The molecule has 2 heterocycles. The Bertz CT molecular complexity index is 602. The third-order valence-corrected chi connectivity index (χ3v) is 3.55. The maximum atomic E-state index is 11.9. The third-order valence-electron chi connectivity index (χ3n) is 3.55. The van der Waals surface area contributed by atoms with Crippen LogP contribution in [0.15, 0.2) is 12.3 Å². The highest BCUT2D eigenvalue weighted by Gasteiger charge is 2.18. The minimum Gasteiger partial charge on any atom is -0.398 e. The van der Waals surface area contributed by atoms with Crippen molar-refractivity contribution < 1.29 is 18.5 Å². The van der Waals surface area contributed by atoms with E-state index < -0.39 is 0 Å². The second-order valence-corrected chi connectivity index (χ2v) is 5.56. The van der Waals surface area contributed by atoms with Crippen molar-refractivity contribution in [2.75, 3.05) is 51.1 Å². The van der Waals surface area contributed by atoms with Crippen LogP contribution in [0.3, 0.4) is 0 Å². The smallest absolute Gasteiger partial charge is 0.320 e. The molecule has 1 aliphatic heterocycles. The van der Waals surface area contributed by atoms with Crippen LogP contribution >= 0.6 is 0 Å². The highest BCUT2D eigenvalue weighted by molar-refractivity contribution is 6.01. The van der Waals surface area contributed by atoms with Crippen molar-refractivity contribution >= 4 is 23.4 Å². The monoisotopic (exact) mass is 342 g/mol. The molecule has 0 spiro atoms. The van der Waals surface area contributed by atoms with Gasteiger partial charge in [-0.25, -0.2) is 9.78 Å². The fourth-order valence-electron chi connectivity index (χ4n) is 2.36. The molecule has 0 unspecified atom stereocenters. The molecule has 138 valence electrons. The minimum absolute atomic E-state index is 0. The molecule has 1 aromatic rings. The summed E-state index contributed by atoms with van der Waals surface area (Å²) in [6.07, 6.45) is 1.50. The summed E-state index contributed by atoms with van der Waals surface area (Å²) < 4.78 is 10.2. The Morgan fingerprint density at radius 1 is 1.58 bits per heavy atom. The number of carbonyl (C=O) groups excluding carboxylic acids is 1. The number of nitrogen functional groups attached to an aromatic ring is 1. The zero-order chi connectivity index (χ0) is 17.5. The fraction of sp³-hybridized carbons (Fsp3) is 0.533. The summed E-state index contributed by atoms with van der Waals surface area (Å²) in [4.78, 5) is 17.9. The van der Waals surface area contributed by atoms with Gasteiger partial charge in [0.05, 0.1) is 31.4 Å². The molecule has 1 aromatic heterocycles. The van der Waals surface area contributed by atoms with Crippen molar-refractivity contribution in [1.82, 2.24) is 15.2 Å². The van der Waals surface area contributed by atoms with Crippen LogP contribution in [0, 0.1) is 5.41 Å². The minimum atomic E-state index is -0.387. The van der Waals surface area contributed by atoms with Crippen molar-refractivity contribution in [3.05, 3.63) is 17.8 Å². The highest BCUT2D eigenvalue weighted by atomic mass is 16.5. The van der Waals surface area contributed by atoms with Gasteiger partial charge in [-0.3, -0.25) is 10.7 Å². The van der Waals surface area contributed by atoms with Crippen LogP contribution in [0.4, 0.5) is 16.3 Å². The van der Waals surface area contributed by atoms with Gasteiger partial charge in [-0.1, -0.05) is 0 Å². The first-order chi connectivity index (χ1) is 11.5. The number of aromatic nitrogens is 1. The number of amides is 2. The second kappa shape index (κ2) is 8.46. The number of morpholine rings is 1. The van der Waals surface area contributed by atoms with Gasteiger partial charge in [0.15, 0.2) is 0 Å². The highest BCUT2D eigenvalue weighted by Crippen LogP contribution is 2.17. The van der Waals surface area contributed by atoms with Crippen molar-refractivity contribution in [3.8, 4) is 0 Å². The molecular weight excluding hydrogens is 312 g/mol. The normalized spacial score (nSPS) is 15.7. The Morgan fingerprint density at radius 3 is 2.92 bits per heavy atom. The number of amidine groups is 1. The number of carbonyl (C=O) groups is 1. The third kappa shape index (κ3) is 4.80. The average Bonchev–Trinajstić information content (AvgIpc) is 2.55. The van der Waals surface area contributed by atoms with Crippen LogP contribution < -0.4 is 16.4 Å². The van der Waals surface area contributed by atoms with Gasteiger partial charge in [0.2, 0.25) is 0 Å². The number of nitrogens with two attached hydrogens (primary N) is 1. The fourth-order valence-corrected chi connectivity index (χ4v) is 2.36. The van der Waals surface area contributed by atoms with Gasteiger partial charge >= 0.3 is 6.03 Å². The SMILES string of the molecule is COC[C@H](C)NC(=O)Nc1cc(N)c(C(=N)N2CCOCC2)cn1.[HH].[HH].[HH]. The van der Waals surface area contributed by atoms with Crippen LogP contribution in [0.1, 0.15) is 16.8 Å². The quantitative estimate of drug-likeness (QED) is 0.471. The summed E-state index contributed by atoms with van der Waals surface area (Å²) in [5.41, 5.74) is 6.95. The number of ether oxygens (including phenoxy) is 2. The Hall–Kier alpha value is -2.39. The predicted octanol–water partition coefficient (Wildman–Crippen LogP) is 1.22. The first-order valence-electron chi connectivity index (χ1n) is 7.75. The largest absolute Gasteiger partial charge is 0.398 e. The number of hydrogen-bond acceptors (Lipinski definition) is 6. The maximum absolute atomic E-state index is 11.9. The second-order valence-electron chi connectivity index (χ2n) is 5.56. The molecule has 9 heteroatoms. The number of nitrogens with zero attached hydrogens (tertiary/aromatic N) is 2. The summed E-state index contributed by atoms with van der Waals surface area (Å²) in [7, 11) is 1.57. The van der Waals surface area contributed by atoms with Gasteiger partial charge in [-0.05, 0) is 6.92 Å². The van der Waals surface area contributed by atoms with E-state index in [1.54, 1.807) is 13.2 Å². The van der Waals surface area contributed by atoms with Crippen molar-refractivity contribution in [2.24, 2.45) is 0 Å². The van der Waals surface area contributed by atoms with E-state index >= 15 is 0 Å². The molecule has 1 saturated heterocycles. The Morgan fingerprint density at radius 2 is 2.29 bits per heavy atom. The molecule has 0 saturated carbocycles. The number of urea groups is 1. The van der Waals surface area contributed by atoms with Crippen LogP contribution in [-0.4, -0.2) is 67.8 Å². The number of hydrogen-bond donors (Lipinski definition) is 4. The summed E-state index contributed by atoms with van der Waals surface area (Å²) in [5, 5.41) is 13.6. The lowest BCUT2D eigenvalue weighted by molar-refractivity contribution is 0.0680. The molecular formula is C15H30N6O3. The van der Waals surface area contributed by atoms with Gasteiger partial charge in [-0.2, -0.15) is 0 Å². The molecule has 0 bridgehead atoms. The number of nitrogens with one attached hydrogen (secondary N) is 3. The van der Waals surface area contributed by atoms with Gasteiger partial charge < -0.3 is 25.4 Å². The zero-order valence-electron chi connectivity index (χ0n) is 14.0. The van der Waals surface area contributed by atoms with Crippen molar-refractivity contribution in [1.29, 1.82) is 5.41 Å². The average molecular weight is 342 g/mol. The van der Waals surface area contributed by atoms with E-state index in [4.69, 9.17) is 20.6 Å². The number of anilines is 2. The lowest BCUT2D eigenvalue weighted by Crippen LogP contribution is -2.41. The summed E-state index contributed by atoms with van der Waals surface area (Å²) in [6, 6.07) is 1.04. The Balaban J connectivity index is 0. The van der Waals surface area contributed by atoms with Crippen LogP contribution in [0.2, 0.25) is 0 Å². The maximum Gasteiger partial charge on any atom is 0.320 e. The lowest BCUT2D eigenvalue weighted by atomic mass is 10.2. The molecule has 2 rings (SSSR count).